The van der Waals surface area contributed by atoms with E-state index in [1.165, 1.54) is 0 Å². The van der Waals surface area contributed by atoms with E-state index in [0.717, 1.165) is 6.42 Å². The van der Waals surface area contributed by atoms with Crippen molar-refractivity contribution in [1.82, 2.24) is 0 Å². The molecule has 0 atom stereocenters. The Morgan fingerprint density at radius 1 is 1.70 bits per heavy atom. The first-order valence-electron chi connectivity index (χ1n) is 3.24. The molecular weight excluding hydrogens is 124 g/mol. The fourth-order valence-electron chi connectivity index (χ4n) is 0.602. The Balaban J connectivity index is 4.28. The van der Waals surface area contributed by atoms with Crippen LogP contribution >= 0.6 is 0 Å². The Hall–Kier alpha value is -1.23. The van der Waals surface area contributed by atoms with Crippen LogP contribution in [0.2, 0.25) is 0 Å². The molecule has 0 amide bonds. The van der Waals surface area contributed by atoms with E-state index in [-0.39, 0.29) is 0 Å². The summed E-state index contributed by atoms with van der Waals surface area (Å²) in [4.78, 5) is 0. The first-order valence-corrected chi connectivity index (χ1v) is 3.24. The molecular formula is C8H12N2. The molecule has 0 heterocycles. The largest absolute Gasteiger partial charge is 0.402 e. The van der Waals surface area contributed by atoms with E-state index in [9.17, 15) is 0 Å². The van der Waals surface area contributed by atoms with Crippen LogP contribution in [0.4, 0.5) is 0 Å². The van der Waals surface area contributed by atoms with Gasteiger partial charge < -0.3 is 5.73 Å². The average Bonchev–Trinajstić information content (AvgIpc) is 1.86. The molecule has 0 rings (SSSR count). The predicted octanol–water partition coefficient (Wildman–Crippen LogP) is 1.71. The SMILES string of the molecule is CC/C=C(C#N)\C=C(\C)N. The maximum Gasteiger partial charge on any atom is 0.0988 e. The maximum absolute atomic E-state index is 8.49. The number of nitrogens with zero attached hydrogens (tertiary/aromatic N) is 1. The minimum atomic E-state index is 0.641. The summed E-state index contributed by atoms with van der Waals surface area (Å²) < 4.78 is 0. The number of hydrogen-bond acceptors (Lipinski definition) is 2. The Bertz CT molecular complexity index is 190. The van der Waals surface area contributed by atoms with Crippen molar-refractivity contribution in [1.29, 1.82) is 5.26 Å². The molecule has 0 aromatic rings. The molecule has 2 nitrogen and oxygen atoms in total. The molecule has 0 aromatic carbocycles. The number of allylic oxidation sites excluding steroid dienone is 4. The van der Waals surface area contributed by atoms with Crippen LogP contribution in [0.5, 0.6) is 0 Å². The zero-order chi connectivity index (χ0) is 7.98. The molecule has 0 saturated carbocycles. The number of hydrogen-bond donors (Lipinski definition) is 1. The molecule has 0 spiro atoms. The van der Waals surface area contributed by atoms with Crippen molar-refractivity contribution in [3.05, 3.63) is 23.4 Å². The Kier molecular flexibility index (Phi) is 4.06. The Morgan fingerprint density at radius 3 is 2.60 bits per heavy atom. The second-order valence-corrected chi connectivity index (χ2v) is 2.07. The zero-order valence-corrected chi connectivity index (χ0v) is 6.39. The van der Waals surface area contributed by atoms with E-state index in [4.69, 9.17) is 11.0 Å². The van der Waals surface area contributed by atoms with Gasteiger partial charge in [0.25, 0.3) is 0 Å². The van der Waals surface area contributed by atoms with E-state index in [1.54, 1.807) is 13.0 Å². The van der Waals surface area contributed by atoms with Crippen LogP contribution < -0.4 is 5.73 Å². The lowest BCUT2D eigenvalue weighted by Gasteiger charge is -1.88. The highest BCUT2D eigenvalue weighted by Gasteiger charge is 1.86. The number of nitrogens with two attached hydrogens (primary N) is 1. The maximum atomic E-state index is 8.49. The molecule has 54 valence electrons. The standard InChI is InChI=1S/C8H12N2/c1-3-4-8(6-9)5-7(2)10/h4-5H,3,10H2,1-2H3/b7-5-,8-4+. The second-order valence-electron chi connectivity index (χ2n) is 2.07. The first-order chi connectivity index (χ1) is 4.70. The fraction of sp³-hybridized carbons (Fsp3) is 0.375. The summed E-state index contributed by atoms with van der Waals surface area (Å²) >= 11 is 0. The lowest BCUT2D eigenvalue weighted by atomic mass is 10.2. The molecule has 2 heteroatoms. The quantitative estimate of drug-likeness (QED) is 0.464. The van der Waals surface area contributed by atoms with E-state index in [2.05, 4.69) is 0 Å². The normalized spacial score (nSPS) is 12.9. The van der Waals surface area contributed by atoms with Crippen LogP contribution in [-0.4, -0.2) is 0 Å². The van der Waals surface area contributed by atoms with Crippen LogP contribution in [0.25, 0.3) is 0 Å². The van der Waals surface area contributed by atoms with Gasteiger partial charge in [0.05, 0.1) is 6.07 Å². The highest BCUT2D eigenvalue weighted by atomic mass is 14.5. The van der Waals surface area contributed by atoms with E-state index >= 15 is 0 Å². The summed E-state index contributed by atoms with van der Waals surface area (Å²) in [6.45, 7) is 3.75. The summed E-state index contributed by atoms with van der Waals surface area (Å²) in [5.41, 5.74) is 6.68. The van der Waals surface area contributed by atoms with Gasteiger partial charge in [-0.2, -0.15) is 5.26 Å². The van der Waals surface area contributed by atoms with Gasteiger partial charge in [-0.3, -0.25) is 0 Å². The molecule has 0 fully saturated rings. The van der Waals surface area contributed by atoms with E-state index in [1.807, 2.05) is 19.1 Å². The van der Waals surface area contributed by atoms with Gasteiger partial charge >= 0.3 is 0 Å². The van der Waals surface area contributed by atoms with Gasteiger partial charge in [0.1, 0.15) is 0 Å². The lowest BCUT2D eigenvalue weighted by molar-refractivity contribution is 1.20. The smallest absolute Gasteiger partial charge is 0.0988 e. The van der Waals surface area contributed by atoms with Crippen molar-refractivity contribution in [3.8, 4) is 6.07 Å². The molecule has 2 N–H and O–H groups in total. The van der Waals surface area contributed by atoms with Crippen molar-refractivity contribution in [2.75, 3.05) is 0 Å². The van der Waals surface area contributed by atoms with E-state index < -0.39 is 0 Å². The van der Waals surface area contributed by atoms with Crippen LogP contribution in [0.1, 0.15) is 20.3 Å². The van der Waals surface area contributed by atoms with Crippen LogP contribution in [0, 0.1) is 11.3 Å². The van der Waals surface area contributed by atoms with E-state index in [0.29, 0.717) is 11.3 Å². The molecule has 0 aromatic heterocycles. The summed E-state index contributed by atoms with van der Waals surface area (Å²) in [7, 11) is 0. The molecule has 0 saturated heterocycles. The monoisotopic (exact) mass is 136 g/mol. The highest BCUT2D eigenvalue weighted by Crippen LogP contribution is 1.98. The summed E-state index contributed by atoms with van der Waals surface area (Å²) in [6.07, 6.45) is 4.38. The summed E-state index contributed by atoms with van der Waals surface area (Å²) in [6, 6.07) is 2.04. The van der Waals surface area contributed by atoms with Crippen molar-refractivity contribution in [2.24, 2.45) is 5.73 Å². The predicted molar refractivity (Wildman–Crippen MR) is 41.9 cm³/mol. The van der Waals surface area contributed by atoms with Gasteiger partial charge in [0.15, 0.2) is 0 Å². The van der Waals surface area contributed by atoms with Gasteiger partial charge in [-0.05, 0) is 19.4 Å². The number of rotatable bonds is 2. The second kappa shape index (κ2) is 4.63. The van der Waals surface area contributed by atoms with Crippen LogP contribution in [0.3, 0.4) is 0 Å². The minimum absolute atomic E-state index is 0.641. The van der Waals surface area contributed by atoms with Crippen molar-refractivity contribution in [3.63, 3.8) is 0 Å². The van der Waals surface area contributed by atoms with Crippen molar-refractivity contribution < 1.29 is 0 Å². The van der Waals surface area contributed by atoms with Crippen molar-refractivity contribution >= 4 is 0 Å². The number of nitriles is 1. The molecule has 0 unspecified atom stereocenters. The van der Waals surface area contributed by atoms with Gasteiger partial charge in [-0.15, -0.1) is 0 Å². The first kappa shape index (κ1) is 8.77. The van der Waals surface area contributed by atoms with Gasteiger partial charge in [0, 0.05) is 11.3 Å². The average molecular weight is 136 g/mol. The minimum Gasteiger partial charge on any atom is -0.402 e. The van der Waals surface area contributed by atoms with Crippen LogP contribution in [0.15, 0.2) is 23.4 Å². The Labute approximate surface area is 61.6 Å². The van der Waals surface area contributed by atoms with Gasteiger partial charge in [0.2, 0.25) is 0 Å². The molecule has 10 heavy (non-hydrogen) atoms. The summed E-state index contributed by atoms with van der Waals surface area (Å²) in [5.74, 6) is 0. The summed E-state index contributed by atoms with van der Waals surface area (Å²) in [5, 5.41) is 8.49. The van der Waals surface area contributed by atoms with Crippen molar-refractivity contribution in [2.45, 2.75) is 20.3 Å². The molecule has 0 radical (unpaired) electrons. The fourth-order valence-corrected chi connectivity index (χ4v) is 0.602. The van der Waals surface area contributed by atoms with Gasteiger partial charge in [-0.1, -0.05) is 13.0 Å². The zero-order valence-electron chi connectivity index (χ0n) is 6.39. The molecule has 0 aliphatic heterocycles. The Morgan fingerprint density at radius 2 is 2.30 bits per heavy atom. The third-order valence-corrected chi connectivity index (χ3v) is 0.936. The molecule has 0 aliphatic carbocycles. The lowest BCUT2D eigenvalue weighted by Crippen LogP contribution is -1.90. The molecule has 0 bridgehead atoms. The topological polar surface area (TPSA) is 49.8 Å². The third kappa shape index (κ3) is 3.73. The van der Waals surface area contributed by atoms with Crippen LogP contribution in [-0.2, 0) is 0 Å². The van der Waals surface area contributed by atoms with Gasteiger partial charge in [-0.25, -0.2) is 0 Å². The highest BCUT2D eigenvalue weighted by molar-refractivity contribution is 5.33. The third-order valence-electron chi connectivity index (χ3n) is 0.936. The molecule has 0 aliphatic rings.